The average molecular weight is 227 g/mol. The normalized spacial score (nSPS) is 17.6. The van der Waals surface area contributed by atoms with Crippen molar-refractivity contribution in [1.82, 2.24) is 4.90 Å². The number of hydrogen-bond acceptors (Lipinski definition) is 3. The second-order valence-electron chi connectivity index (χ2n) is 3.64. The minimum absolute atomic E-state index is 0.171. The molecule has 1 fully saturated rings. The van der Waals surface area contributed by atoms with Crippen molar-refractivity contribution in [3.8, 4) is 0 Å². The predicted octanol–water partition coefficient (Wildman–Crippen LogP) is 0.655. The fourth-order valence-corrected chi connectivity index (χ4v) is 1.83. The fraction of sp³-hybridized carbons (Fsp3) is 0.636. The Morgan fingerprint density at radius 3 is 2.50 bits per heavy atom. The van der Waals surface area contributed by atoms with Crippen LogP contribution in [0, 0.1) is 0 Å². The zero-order valence-corrected chi connectivity index (χ0v) is 9.39. The lowest BCUT2D eigenvalue weighted by Crippen LogP contribution is -2.42. The highest BCUT2D eigenvalue weighted by atomic mass is 16.5. The smallest absolute Gasteiger partial charge is 0.328 e. The summed E-state index contributed by atoms with van der Waals surface area (Å²) < 4.78 is 5.22. The third-order valence-corrected chi connectivity index (χ3v) is 2.62. The molecular weight excluding hydrogens is 210 g/mol. The Kier molecular flexibility index (Phi) is 4.98. The lowest BCUT2D eigenvalue weighted by molar-refractivity contribution is -0.133. The zero-order chi connectivity index (χ0) is 12.0. The van der Waals surface area contributed by atoms with Gasteiger partial charge in [0.1, 0.15) is 0 Å². The Morgan fingerprint density at radius 2 is 2.00 bits per heavy atom. The van der Waals surface area contributed by atoms with Gasteiger partial charge in [-0.2, -0.15) is 0 Å². The SMILES string of the molecule is CCN(C(=O)/C=C/C(=O)O)C1CCOCC1. The number of carboxylic acids is 1. The van der Waals surface area contributed by atoms with E-state index in [1.165, 1.54) is 0 Å². The Hall–Kier alpha value is -1.36. The van der Waals surface area contributed by atoms with Crippen molar-refractivity contribution in [2.24, 2.45) is 0 Å². The molecule has 90 valence electrons. The highest BCUT2D eigenvalue weighted by molar-refractivity contribution is 5.94. The molecular formula is C11H17NO4. The van der Waals surface area contributed by atoms with Crippen LogP contribution in [-0.4, -0.2) is 47.7 Å². The molecule has 1 rings (SSSR count). The molecule has 0 bridgehead atoms. The summed E-state index contributed by atoms with van der Waals surface area (Å²) in [6.45, 7) is 3.81. The maximum Gasteiger partial charge on any atom is 0.328 e. The lowest BCUT2D eigenvalue weighted by atomic mass is 10.1. The van der Waals surface area contributed by atoms with Gasteiger partial charge in [0.05, 0.1) is 0 Å². The lowest BCUT2D eigenvalue weighted by Gasteiger charge is -2.32. The minimum atomic E-state index is -1.10. The first kappa shape index (κ1) is 12.7. The molecule has 0 radical (unpaired) electrons. The van der Waals surface area contributed by atoms with Crippen LogP contribution in [0.1, 0.15) is 19.8 Å². The molecule has 0 atom stereocenters. The summed E-state index contributed by atoms with van der Waals surface area (Å²) >= 11 is 0. The van der Waals surface area contributed by atoms with Gasteiger partial charge >= 0.3 is 5.97 Å². The number of hydrogen-bond donors (Lipinski definition) is 1. The van der Waals surface area contributed by atoms with Crippen molar-refractivity contribution in [2.75, 3.05) is 19.8 Å². The third kappa shape index (κ3) is 3.66. The second-order valence-corrected chi connectivity index (χ2v) is 3.64. The van der Waals surface area contributed by atoms with Gasteiger partial charge < -0.3 is 14.7 Å². The molecule has 0 saturated carbocycles. The highest BCUT2D eigenvalue weighted by Gasteiger charge is 2.22. The topological polar surface area (TPSA) is 66.8 Å². The van der Waals surface area contributed by atoms with Crippen LogP contribution in [0.2, 0.25) is 0 Å². The van der Waals surface area contributed by atoms with Gasteiger partial charge in [-0.05, 0) is 19.8 Å². The number of carboxylic acid groups (broad SMARTS) is 1. The monoisotopic (exact) mass is 227 g/mol. The average Bonchev–Trinajstić information content (AvgIpc) is 2.29. The minimum Gasteiger partial charge on any atom is -0.478 e. The van der Waals surface area contributed by atoms with Crippen LogP contribution in [0.25, 0.3) is 0 Å². The van der Waals surface area contributed by atoms with E-state index < -0.39 is 5.97 Å². The number of carbonyl (C=O) groups excluding carboxylic acids is 1. The van der Waals surface area contributed by atoms with Crippen LogP contribution in [0.15, 0.2) is 12.2 Å². The largest absolute Gasteiger partial charge is 0.478 e. The van der Waals surface area contributed by atoms with Gasteiger partial charge in [-0.3, -0.25) is 4.79 Å². The van der Waals surface area contributed by atoms with E-state index in [0.29, 0.717) is 19.8 Å². The number of likely N-dealkylation sites (N-methyl/N-ethyl adjacent to an activating group) is 1. The van der Waals surface area contributed by atoms with Gasteiger partial charge in [0, 0.05) is 38.0 Å². The molecule has 5 heteroatoms. The molecule has 16 heavy (non-hydrogen) atoms. The van der Waals surface area contributed by atoms with E-state index >= 15 is 0 Å². The molecule has 1 amide bonds. The molecule has 5 nitrogen and oxygen atoms in total. The number of ether oxygens (including phenoxy) is 1. The van der Waals surface area contributed by atoms with Gasteiger partial charge in [-0.1, -0.05) is 0 Å². The Bertz CT molecular complexity index is 282. The summed E-state index contributed by atoms with van der Waals surface area (Å²) in [4.78, 5) is 23.7. The maximum atomic E-state index is 11.7. The van der Waals surface area contributed by atoms with Crippen molar-refractivity contribution in [3.63, 3.8) is 0 Å². The van der Waals surface area contributed by atoms with Crippen molar-refractivity contribution in [1.29, 1.82) is 0 Å². The van der Waals surface area contributed by atoms with E-state index in [1.54, 1.807) is 4.90 Å². The summed E-state index contributed by atoms with van der Waals surface area (Å²) in [6.07, 6.45) is 3.63. The summed E-state index contributed by atoms with van der Waals surface area (Å²) in [5, 5.41) is 8.45. The molecule has 1 saturated heterocycles. The molecule has 1 N–H and O–H groups in total. The van der Waals surface area contributed by atoms with Crippen molar-refractivity contribution < 1.29 is 19.4 Å². The number of carbonyl (C=O) groups is 2. The van der Waals surface area contributed by atoms with Gasteiger partial charge in [0.2, 0.25) is 5.91 Å². The first-order valence-electron chi connectivity index (χ1n) is 5.44. The van der Waals surface area contributed by atoms with Gasteiger partial charge in [0.25, 0.3) is 0 Å². The van der Waals surface area contributed by atoms with E-state index in [4.69, 9.17) is 9.84 Å². The maximum absolute atomic E-state index is 11.7. The molecule has 0 aliphatic carbocycles. The van der Waals surface area contributed by atoms with Crippen LogP contribution in [0.3, 0.4) is 0 Å². The van der Waals surface area contributed by atoms with Crippen molar-refractivity contribution in [3.05, 3.63) is 12.2 Å². The zero-order valence-electron chi connectivity index (χ0n) is 9.39. The molecule has 0 aromatic carbocycles. The summed E-state index contributed by atoms with van der Waals surface area (Å²) in [5.74, 6) is -1.34. The van der Waals surface area contributed by atoms with Crippen LogP contribution in [0.4, 0.5) is 0 Å². The highest BCUT2D eigenvalue weighted by Crippen LogP contribution is 2.14. The van der Waals surface area contributed by atoms with Crippen LogP contribution >= 0.6 is 0 Å². The molecule has 0 aromatic heterocycles. The molecule has 0 spiro atoms. The molecule has 1 heterocycles. The number of rotatable bonds is 4. The van der Waals surface area contributed by atoms with Crippen LogP contribution < -0.4 is 0 Å². The second kappa shape index (κ2) is 6.27. The first-order valence-corrected chi connectivity index (χ1v) is 5.44. The van der Waals surface area contributed by atoms with E-state index in [9.17, 15) is 9.59 Å². The third-order valence-electron chi connectivity index (χ3n) is 2.62. The van der Waals surface area contributed by atoms with E-state index in [0.717, 1.165) is 25.0 Å². The van der Waals surface area contributed by atoms with E-state index in [2.05, 4.69) is 0 Å². The standard InChI is InChI=1S/C11H17NO4/c1-2-12(9-5-7-16-8-6-9)10(13)3-4-11(14)15/h3-4,9H,2,5-8H2,1H3,(H,14,15)/b4-3+. The quantitative estimate of drug-likeness (QED) is 0.716. The molecule has 1 aliphatic rings. The van der Waals surface area contributed by atoms with Crippen LogP contribution in [0.5, 0.6) is 0 Å². The summed E-state index contributed by atoms with van der Waals surface area (Å²) in [5.41, 5.74) is 0. The van der Waals surface area contributed by atoms with Crippen LogP contribution in [-0.2, 0) is 14.3 Å². The van der Waals surface area contributed by atoms with Crippen molar-refractivity contribution >= 4 is 11.9 Å². The summed E-state index contributed by atoms with van der Waals surface area (Å²) in [6, 6.07) is 0.171. The Labute approximate surface area is 94.7 Å². The number of aliphatic carboxylic acids is 1. The van der Waals surface area contributed by atoms with Gasteiger partial charge in [-0.15, -0.1) is 0 Å². The molecule has 1 aliphatic heterocycles. The Balaban J connectivity index is 2.58. The first-order chi connectivity index (χ1) is 7.65. The van der Waals surface area contributed by atoms with Gasteiger partial charge in [0.15, 0.2) is 0 Å². The number of nitrogens with zero attached hydrogens (tertiary/aromatic N) is 1. The fourth-order valence-electron chi connectivity index (χ4n) is 1.83. The number of amides is 1. The van der Waals surface area contributed by atoms with E-state index in [-0.39, 0.29) is 11.9 Å². The van der Waals surface area contributed by atoms with Gasteiger partial charge in [-0.25, -0.2) is 4.79 Å². The molecule has 0 aromatic rings. The summed E-state index contributed by atoms with van der Waals surface area (Å²) in [7, 11) is 0. The Morgan fingerprint density at radius 1 is 1.38 bits per heavy atom. The predicted molar refractivity (Wildman–Crippen MR) is 58.0 cm³/mol. The van der Waals surface area contributed by atoms with E-state index in [1.807, 2.05) is 6.92 Å². The van der Waals surface area contributed by atoms with Crippen molar-refractivity contribution in [2.45, 2.75) is 25.8 Å². The molecule has 0 unspecified atom stereocenters.